The summed E-state index contributed by atoms with van der Waals surface area (Å²) in [5.41, 5.74) is 2.17. The molecular formula is C14H11BrClNO3. The first-order valence-corrected chi connectivity index (χ1v) is 7.28. The fourth-order valence-electron chi connectivity index (χ4n) is 1.69. The van der Waals surface area contributed by atoms with Gasteiger partial charge < -0.3 is 4.74 Å². The van der Waals surface area contributed by atoms with Gasteiger partial charge in [0.15, 0.2) is 5.75 Å². The van der Waals surface area contributed by atoms with E-state index in [9.17, 15) is 10.1 Å². The van der Waals surface area contributed by atoms with Crippen LogP contribution in [0, 0.1) is 17.0 Å². The maximum absolute atomic E-state index is 10.8. The topological polar surface area (TPSA) is 52.4 Å². The Kier molecular flexibility index (Phi) is 4.62. The van der Waals surface area contributed by atoms with Crippen LogP contribution >= 0.6 is 27.5 Å². The zero-order chi connectivity index (χ0) is 14.7. The maximum Gasteiger partial charge on any atom is 0.273 e. The number of rotatable bonds is 4. The number of ether oxygens (including phenoxy) is 1. The first-order valence-electron chi connectivity index (χ1n) is 5.78. The molecule has 0 unspecified atom stereocenters. The molecule has 0 atom stereocenters. The van der Waals surface area contributed by atoms with Gasteiger partial charge in [-0.1, -0.05) is 33.6 Å². The van der Waals surface area contributed by atoms with Crippen molar-refractivity contribution in [2.45, 2.75) is 12.3 Å². The van der Waals surface area contributed by atoms with Crippen LogP contribution in [0.15, 0.2) is 36.4 Å². The highest BCUT2D eigenvalue weighted by atomic mass is 79.9. The van der Waals surface area contributed by atoms with Crippen LogP contribution < -0.4 is 4.74 Å². The Morgan fingerprint density at radius 3 is 2.65 bits per heavy atom. The van der Waals surface area contributed by atoms with E-state index in [1.54, 1.807) is 6.07 Å². The number of hydrogen-bond acceptors (Lipinski definition) is 3. The van der Waals surface area contributed by atoms with Crippen LogP contribution in [0.1, 0.15) is 11.1 Å². The molecule has 0 saturated carbocycles. The van der Waals surface area contributed by atoms with Gasteiger partial charge in [0.25, 0.3) is 5.69 Å². The van der Waals surface area contributed by atoms with Gasteiger partial charge in [-0.2, -0.15) is 0 Å². The van der Waals surface area contributed by atoms with E-state index in [0.717, 1.165) is 16.5 Å². The second-order valence-electron chi connectivity index (χ2n) is 4.20. The molecule has 0 aliphatic heterocycles. The van der Waals surface area contributed by atoms with E-state index in [1.807, 2.05) is 19.1 Å². The van der Waals surface area contributed by atoms with Crippen molar-refractivity contribution in [1.29, 1.82) is 0 Å². The van der Waals surface area contributed by atoms with Gasteiger partial charge in [0, 0.05) is 11.4 Å². The van der Waals surface area contributed by atoms with Crippen LogP contribution in [0.2, 0.25) is 5.02 Å². The smallest absolute Gasteiger partial charge is 0.273 e. The Morgan fingerprint density at radius 2 is 2.05 bits per heavy atom. The number of nitrogens with zero attached hydrogens (tertiary/aromatic N) is 1. The quantitative estimate of drug-likeness (QED) is 0.427. The highest BCUT2D eigenvalue weighted by Crippen LogP contribution is 2.33. The lowest BCUT2D eigenvalue weighted by molar-refractivity contribution is -0.384. The third-order valence-electron chi connectivity index (χ3n) is 2.81. The SMILES string of the molecule is Cc1cc(Oc2cc([N+](=O)[O-])ccc2Cl)ccc1CBr. The lowest BCUT2D eigenvalue weighted by Crippen LogP contribution is -1.92. The second kappa shape index (κ2) is 6.24. The number of nitro groups is 1. The molecular weight excluding hydrogens is 346 g/mol. The molecule has 20 heavy (non-hydrogen) atoms. The van der Waals surface area contributed by atoms with Crippen LogP contribution in [-0.4, -0.2) is 4.92 Å². The number of nitro benzene ring substituents is 1. The van der Waals surface area contributed by atoms with Crippen molar-refractivity contribution in [2.75, 3.05) is 0 Å². The zero-order valence-corrected chi connectivity index (χ0v) is 12.9. The molecule has 0 aliphatic rings. The fourth-order valence-corrected chi connectivity index (χ4v) is 2.48. The molecule has 4 nitrogen and oxygen atoms in total. The number of non-ortho nitro benzene ring substituents is 1. The van der Waals surface area contributed by atoms with Crippen molar-refractivity contribution in [1.82, 2.24) is 0 Å². The Balaban J connectivity index is 2.32. The van der Waals surface area contributed by atoms with Gasteiger partial charge in [0.2, 0.25) is 0 Å². The van der Waals surface area contributed by atoms with E-state index in [4.69, 9.17) is 16.3 Å². The molecule has 0 saturated heterocycles. The Morgan fingerprint density at radius 1 is 1.30 bits per heavy atom. The molecule has 2 aromatic carbocycles. The van der Waals surface area contributed by atoms with Crippen LogP contribution in [0.5, 0.6) is 11.5 Å². The highest BCUT2D eigenvalue weighted by molar-refractivity contribution is 9.08. The van der Waals surface area contributed by atoms with Gasteiger partial charge in [-0.05, 0) is 36.2 Å². The lowest BCUT2D eigenvalue weighted by Gasteiger charge is -2.09. The monoisotopic (exact) mass is 355 g/mol. The van der Waals surface area contributed by atoms with Gasteiger partial charge in [-0.25, -0.2) is 0 Å². The van der Waals surface area contributed by atoms with Gasteiger partial charge in [0.05, 0.1) is 16.0 Å². The largest absolute Gasteiger partial charge is 0.456 e. The average Bonchev–Trinajstić information content (AvgIpc) is 2.41. The Hall–Kier alpha value is -1.59. The molecule has 0 heterocycles. The van der Waals surface area contributed by atoms with E-state index in [0.29, 0.717) is 10.8 Å². The van der Waals surface area contributed by atoms with Crippen molar-refractivity contribution in [3.8, 4) is 11.5 Å². The van der Waals surface area contributed by atoms with Crippen LogP contribution in [0.3, 0.4) is 0 Å². The predicted octanol–water partition coefficient (Wildman–Crippen LogP) is 5.24. The summed E-state index contributed by atoms with van der Waals surface area (Å²) in [7, 11) is 0. The highest BCUT2D eigenvalue weighted by Gasteiger charge is 2.12. The standard InChI is InChI=1S/C14H11BrClNO3/c1-9-6-12(4-2-10(9)8-15)20-14-7-11(17(18)19)3-5-13(14)16/h2-7H,8H2,1H3. The van der Waals surface area contributed by atoms with Crippen molar-refractivity contribution >= 4 is 33.2 Å². The number of benzene rings is 2. The van der Waals surface area contributed by atoms with Gasteiger partial charge in [-0.3, -0.25) is 10.1 Å². The van der Waals surface area contributed by atoms with E-state index in [2.05, 4.69) is 15.9 Å². The van der Waals surface area contributed by atoms with E-state index < -0.39 is 4.92 Å². The van der Waals surface area contributed by atoms with Gasteiger partial charge in [0.1, 0.15) is 5.75 Å². The molecule has 0 fully saturated rings. The van der Waals surface area contributed by atoms with E-state index in [-0.39, 0.29) is 11.4 Å². The molecule has 0 amide bonds. The minimum Gasteiger partial charge on any atom is -0.456 e. The normalized spacial score (nSPS) is 10.3. The summed E-state index contributed by atoms with van der Waals surface area (Å²) in [5.74, 6) is 0.862. The van der Waals surface area contributed by atoms with Crippen molar-refractivity contribution < 1.29 is 9.66 Å². The summed E-state index contributed by atoms with van der Waals surface area (Å²) in [6, 6.07) is 9.72. The summed E-state index contributed by atoms with van der Waals surface area (Å²) in [4.78, 5) is 10.3. The number of hydrogen-bond donors (Lipinski definition) is 0. The minimum absolute atomic E-state index is 0.0572. The third kappa shape index (κ3) is 3.29. The van der Waals surface area contributed by atoms with E-state index >= 15 is 0 Å². The number of alkyl halides is 1. The molecule has 0 radical (unpaired) electrons. The lowest BCUT2D eigenvalue weighted by atomic mass is 10.1. The van der Waals surface area contributed by atoms with Crippen molar-refractivity contribution in [3.05, 3.63) is 62.7 Å². The minimum atomic E-state index is -0.484. The molecule has 0 bridgehead atoms. The number of halogens is 2. The molecule has 104 valence electrons. The molecule has 2 aromatic rings. The van der Waals surface area contributed by atoms with Gasteiger partial charge >= 0.3 is 0 Å². The van der Waals surface area contributed by atoms with Crippen molar-refractivity contribution in [3.63, 3.8) is 0 Å². The third-order valence-corrected chi connectivity index (χ3v) is 3.73. The zero-order valence-electron chi connectivity index (χ0n) is 10.6. The Labute approximate surface area is 129 Å². The Bertz CT molecular complexity index is 661. The molecule has 0 aromatic heterocycles. The average molecular weight is 357 g/mol. The molecule has 6 heteroatoms. The van der Waals surface area contributed by atoms with Crippen LogP contribution in [0.4, 0.5) is 5.69 Å². The summed E-state index contributed by atoms with van der Waals surface area (Å²) in [6.45, 7) is 1.97. The summed E-state index contributed by atoms with van der Waals surface area (Å²) in [5, 5.41) is 11.8. The van der Waals surface area contributed by atoms with E-state index in [1.165, 1.54) is 18.2 Å². The maximum atomic E-state index is 10.8. The van der Waals surface area contributed by atoms with Crippen LogP contribution in [-0.2, 0) is 5.33 Å². The van der Waals surface area contributed by atoms with Crippen LogP contribution in [0.25, 0.3) is 0 Å². The molecule has 0 spiro atoms. The summed E-state index contributed by atoms with van der Waals surface area (Å²) < 4.78 is 5.63. The fraction of sp³-hybridized carbons (Fsp3) is 0.143. The summed E-state index contributed by atoms with van der Waals surface area (Å²) >= 11 is 9.39. The van der Waals surface area contributed by atoms with Gasteiger partial charge in [-0.15, -0.1) is 0 Å². The second-order valence-corrected chi connectivity index (χ2v) is 5.16. The molecule has 0 N–H and O–H groups in total. The molecule has 2 rings (SSSR count). The summed E-state index contributed by atoms with van der Waals surface area (Å²) in [6.07, 6.45) is 0. The molecule has 0 aliphatic carbocycles. The number of aryl methyl sites for hydroxylation is 1. The first kappa shape index (κ1) is 14.8. The van der Waals surface area contributed by atoms with Crippen molar-refractivity contribution in [2.24, 2.45) is 0 Å². The predicted molar refractivity (Wildman–Crippen MR) is 82.0 cm³/mol. The first-order chi connectivity index (χ1) is 9.51.